The summed E-state index contributed by atoms with van der Waals surface area (Å²) in [7, 11) is 0. The van der Waals surface area contributed by atoms with Crippen LogP contribution >= 0.6 is 0 Å². The van der Waals surface area contributed by atoms with Gasteiger partial charge in [0, 0.05) is 6.54 Å². The topological polar surface area (TPSA) is 93.4 Å². The molecule has 0 aliphatic rings. The molecule has 0 saturated carbocycles. The number of carbonyl (C=O) groups excluding carboxylic acids is 1. The van der Waals surface area contributed by atoms with Crippen LogP contribution in [0.3, 0.4) is 0 Å². The second kappa shape index (κ2) is 8.12. The predicted octanol–water partition coefficient (Wildman–Crippen LogP) is 2.42. The second-order valence-corrected chi connectivity index (χ2v) is 4.28. The molecule has 1 amide bonds. The van der Waals surface area contributed by atoms with E-state index < -0.39 is 5.91 Å². The van der Waals surface area contributed by atoms with Crippen LogP contribution in [0.1, 0.15) is 5.56 Å². The fourth-order valence-electron chi connectivity index (χ4n) is 1.57. The maximum atomic E-state index is 12.0. The lowest BCUT2D eigenvalue weighted by atomic mass is 10.1. The molecule has 3 N–H and O–H groups in total. The van der Waals surface area contributed by atoms with E-state index in [0.717, 1.165) is 5.57 Å². The number of hydrogen-bond acceptors (Lipinski definition) is 4. The van der Waals surface area contributed by atoms with E-state index in [1.54, 1.807) is 24.3 Å². The zero-order chi connectivity index (χ0) is 16.5. The van der Waals surface area contributed by atoms with Gasteiger partial charge in [-0.25, -0.2) is 0 Å². The van der Waals surface area contributed by atoms with E-state index in [0.29, 0.717) is 5.56 Å². The van der Waals surface area contributed by atoms with Gasteiger partial charge in [0.05, 0.1) is 0 Å². The van der Waals surface area contributed by atoms with Gasteiger partial charge >= 0.3 is 0 Å². The number of allylic oxidation sites excluding steroid dienone is 2. The summed E-state index contributed by atoms with van der Waals surface area (Å²) in [5.74, 6) is -1.15. The molecule has 0 bridgehead atoms. The molecule has 0 aliphatic carbocycles. The van der Waals surface area contributed by atoms with Crippen molar-refractivity contribution in [2.75, 3.05) is 6.54 Å². The van der Waals surface area contributed by atoms with E-state index in [9.17, 15) is 15.0 Å². The van der Waals surface area contributed by atoms with E-state index in [4.69, 9.17) is 5.26 Å². The van der Waals surface area contributed by atoms with Crippen molar-refractivity contribution >= 4 is 12.0 Å². The normalized spacial score (nSPS) is 11.4. The number of phenols is 2. The Kier molecular flexibility index (Phi) is 6.20. The molecule has 5 heteroatoms. The van der Waals surface area contributed by atoms with Gasteiger partial charge in [-0.05, 0) is 29.3 Å². The molecule has 0 atom stereocenters. The molecule has 0 saturated heterocycles. The van der Waals surface area contributed by atoms with Crippen LogP contribution < -0.4 is 5.32 Å². The zero-order valence-electron chi connectivity index (χ0n) is 11.9. The van der Waals surface area contributed by atoms with E-state index in [1.165, 1.54) is 24.3 Å². The Morgan fingerprint density at radius 3 is 2.59 bits per heavy atom. The van der Waals surface area contributed by atoms with Gasteiger partial charge in [0.2, 0.25) is 0 Å². The lowest BCUT2D eigenvalue weighted by Gasteiger charge is -2.05. The third kappa shape index (κ3) is 4.69. The SMILES string of the molecule is C=C/C=C(\C=C)CNC(=O)/C(C#N)=C/c1ccc(O)c(O)c1. The van der Waals surface area contributed by atoms with Crippen molar-refractivity contribution in [1.82, 2.24) is 5.32 Å². The highest BCUT2D eigenvalue weighted by Crippen LogP contribution is 2.25. The van der Waals surface area contributed by atoms with Gasteiger partial charge < -0.3 is 15.5 Å². The van der Waals surface area contributed by atoms with Crippen molar-refractivity contribution in [3.05, 3.63) is 66.3 Å². The van der Waals surface area contributed by atoms with Crippen LogP contribution in [-0.2, 0) is 4.79 Å². The van der Waals surface area contributed by atoms with Crippen LogP contribution in [0, 0.1) is 11.3 Å². The van der Waals surface area contributed by atoms with Crippen LogP contribution in [0.5, 0.6) is 11.5 Å². The number of amides is 1. The predicted molar refractivity (Wildman–Crippen MR) is 84.8 cm³/mol. The largest absolute Gasteiger partial charge is 0.504 e. The molecule has 5 nitrogen and oxygen atoms in total. The smallest absolute Gasteiger partial charge is 0.262 e. The number of phenolic OH excluding ortho intramolecular Hbond substituents is 2. The molecule has 0 radical (unpaired) electrons. The van der Waals surface area contributed by atoms with E-state index in [-0.39, 0.29) is 23.6 Å². The molecule has 22 heavy (non-hydrogen) atoms. The van der Waals surface area contributed by atoms with Crippen LogP contribution in [0.15, 0.2) is 60.7 Å². The van der Waals surface area contributed by atoms with Crippen LogP contribution in [-0.4, -0.2) is 22.7 Å². The average molecular weight is 296 g/mol. The Bertz CT molecular complexity index is 694. The Morgan fingerprint density at radius 2 is 2.05 bits per heavy atom. The van der Waals surface area contributed by atoms with Gasteiger partial charge in [0.15, 0.2) is 11.5 Å². The highest BCUT2D eigenvalue weighted by atomic mass is 16.3. The summed E-state index contributed by atoms with van der Waals surface area (Å²) in [6.45, 7) is 7.38. The van der Waals surface area contributed by atoms with Gasteiger partial charge in [0.25, 0.3) is 5.91 Å². The Morgan fingerprint density at radius 1 is 1.32 bits per heavy atom. The monoisotopic (exact) mass is 296 g/mol. The van der Waals surface area contributed by atoms with Gasteiger partial charge in [0.1, 0.15) is 11.6 Å². The molecule has 1 aromatic carbocycles. The van der Waals surface area contributed by atoms with Crippen LogP contribution in [0.4, 0.5) is 0 Å². The number of nitrogens with zero attached hydrogens (tertiary/aromatic N) is 1. The first-order valence-corrected chi connectivity index (χ1v) is 6.37. The van der Waals surface area contributed by atoms with E-state index >= 15 is 0 Å². The number of nitrogens with one attached hydrogen (secondary N) is 1. The fraction of sp³-hybridized carbons (Fsp3) is 0.0588. The van der Waals surface area contributed by atoms with Crippen molar-refractivity contribution in [3.63, 3.8) is 0 Å². The second-order valence-electron chi connectivity index (χ2n) is 4.28. The molecule has 0 heterocycles. The van der Waals surface area contributed by atoms with E-state index in [2.05, 4.69) is 18.5 Å². The van der Waals surface area contributed by atoms with Crippen molar-refractivity contribution in [1.29, 1.82) is 5.26 Å². The number of aromatic hydroxyl groups is 2. The number of carbonyl (C=O) groups is 1. The van der Waals surface area contributed by atoms with E-state index in [1.807, 2.05) is 0 Å². The summed E-state index contributed by atoms with van der Waals surface area (Å²) in [5.41, 5.74) is 1.06. The minimum absolute atomic E-state index is 0.118. The number of nitriles is 1. The van der Waals surface area contributed by atoms with Crippen molar-refractivity contribution in [2.24, 2.45) is 0 Å². The zero-order valence-corrected chi connectivity index (χ0v) is 11.9. The molecule has 0 aromatic heterocycles. The lowest BCUT2D eigenvalue weighted by molar-refractivity contribution is -0.116. The fourth-order valence-corrected chi connectivity index (χ4v) is 1.57. The lowest BCUT2D eigenvalue weighted by Crippen LogP contribution is -2.26. The van der Waals surface area contributed by atoms with Crippen molar-refractivity contribution < 1.29 is 15.0 Å². The highest BCUT2D eigenvalue weighted by Gasteiger charge is 2.09. The Balaban J connectivity index is 2.88. The molecular weight excluding hydrogens is 280 g/mol. The van der Waals surface area contributed by atoms with Gasteiger partial charge in [-0.15, -0.1) is 0 Å². The minimum atomic E-state index is -0.549. The molecule has 0 fully saturated rings. The maximum absolute atomic E-state index is 12.0. The van der Waals surface area contributed by atoms with Crippen LogP contribution in [0.25, 0.3) is 6.08 Å². The Labute approximate surface area is 128 Å². The molecule has 0 unspecified atom stereocenters. The first-order valence-electron chi connectivity index (χ1n) is 6.37. The minimum Gasteiger partial charge on any atom is -0.504 e. The number of benzene rings is 1. The maximum Gasteiger partial charge on any atom is 0.262 e. The highest BCUT2D eigenvalue weighted by molar-refractivity contribution is 6.01. The summed E-state index contributed by atoms with van der Waals surface area (Å²) in [5, 5.41) is 30.3. The molecule has 1 rings (SSSR count). The van der Waals surface area contributed by atoms with Crippen molar-refractivity contribution in [3.8, 4) is 17.6 Å². The number of rotatable bonds is 6. The van der Waals surface area contributed by atoms with Gasteiger partial charge in [-0.1, -0.05) is 37.5 Å². The molecule has 1 aromatic rings. The summed E-state index contributed by atoms with van der Waals surface area (Å²) in [4.78, 5) is 12.0. The summed E-state index contributed by atoms with van der Waals surface area (Å²) >= 11 is 0. The summed E-state index contributed by atoms with van der Waals surface area (Å²) in [6, 6.07) is 5.81. The van der Waals surface area contributed by atoms with Gasteiger partial charge in [-0.2, -0.15) is 5.26 Å². The standard InChI is InChI=1S/C17H16N2O3/c1-3-5-12(4-2)11-19-17(22)14(10-18)8-13-6-7-15(20)16(21)9-13/h3-9,20-21H,1-2,11H2,(H,19,22)/b12-5+,14-8+. The molecule has 112 valence electrons. The quantitative estimate of drug-likeness (QED) is 0.325. The third-order valence-electron chi connectivity index (χ3n) is 2.72. The van der Waals surface area contributed by atoms with Crippen LogP contribution in [0.2, 0.25) is 0 Å². The first-order chi connectivity index (χ1) is 10.5. The Hall–Kier alpha value is -3.26. The average Bonchev–Trinajstić information content (AvgIpc) is 2.52. The van der Waals surface area contributed by atoms with Crippen molar-refractivity contribution in [2.45, 2.75) is 0 Å². The molecule has 0 spiro atoms. The summed E-state index contributed by atoms with van der Waals surface area (Å²) < 4.78 is 0. The summed E-state index contributed by atoms with van der Waals surface area (Å²) in [6.07, 6.45) is 6.17. The molecule has 0 aliphatic heterocycles. The first kappa shape index (κ1) is 16.8. The number of hydrogen-bond donors (Lipinski definition) is 3. The third-order valence-corrected chi connectivity index (χ3v) is 2.72. The van der Waals surface area contributed by atoms with Gasteiger partial charge in [-0.3, -0.25) is 4.79 Å². The molecular formula is C17H16N2O3.